The van der Waals surface area contributed by atoms with E-state index < -0.39 is 10.0 Å². The van der Waals surface area contributed by atoms with Crippen LogP contribution in [0, 0.1) is 6.92 Å². The Labute approximate surface area is 106 Å². The number of halogens is 1. The molecule has 16 heavy (non-hydrogen) atoms. The number of sulfonamides is 1. The molecule has 0 aliphatic carbocycles. The van der Waals surface area contributed by atoms with E-state index in [1.165, 1.54) is 4.88 Å². The lowest BCUT2D eigenvalue weighted by Crippen LogP contribution is -2.28. The number of aryl methyl sites for hydroxylation is 1. The van der Waals surface area contributed by atoms with Crippen molar-refractivity contribution in [3.8, 4) is 0 Å². The normalized spacial score (nSPS) is 13.9. The highest BCUT2D eigenvalue weighted by atomic mass is 35.5. The molecular weight excluding hydrogens is 266 g/mol. The Morgan fingerprint density at radius 3 is 2.69 bits per heavy atom. The maximum Gasteiger partial charge on any atom is 0.212 e. The first-order valence-electron chi connectivity index (χ1n) is 5.07. The molecule has 1 atom stereocenters. The molecule has 0 amide bonds. The molecule has 0 aliphatic heterocycles. The summed E-state index contributed by atoms with van der Waals surface area (Å²) in [4.78, 5) is 2.22. The average molecular weight is 282 g/mol. The van der Waals surface area contributed by atoms with Gasteiger partial charge in [0.2, 0.25) is 10.0 Å². The third kappa shape index (κ3) is 4.41. The molecule has 92 valence electrons. The minimum atomic E-state index is -3.21. The van der Waals surface area contributed by atoms with Crippen LogP contribution in [0.3, 0.4) is 0 Å². The van der Waals surface area contributed by atoms with E-state index in [1.54, 1.807) is 11.3 Å². The molecule has 1 N–H and O–H groups in total. The molecule has 0 aliphatic rings. The van der Waals surface area contributed by atoms with Gasteiger partial charge in [0, 0.05) is 15.6 Å². The summed E-state index contributed by atoms with van der Waals surface area (Å²) < 4.78 is 25.9. The first kappa shape index (κ1) is 14.0. The fraction of sp³-hybridized carbons (Fsp3) is 0.600. The van der Waals surface area contributed by atoms with Crippen molar-refractivity contribution in [3.05, 3.63) is 21.9 Å². The zero-order valence-electron chi connectivity index (χ0n) is 9.36. The van der Waals surface area contributed by atoms with Gasteiger partial charge in [0.15, 0.2) is 0 Å². The zero-order valence-corrected chi connectivity index (χ0v) is 11.8. The lowest BCUT2D eigenvalue weighted by molar-refractivity contribution is 0.567. The second-order valence-electron chi connectivity index (χ2n) is 3.65. The van der Waals surface area contributed by atoms with Crippen LogP contribution >= 0.6 is 22.9 Å². The number of alkyl halides is 1. The fourth-order valence-electron chi connectivity index (χ4n) is 1.32. The summed E-state index contributed by atoms with van der Waals surface area (Å²) in [6, 6.07) is 3.78. The molecular formula is C10H16ClNO2S2. The number of hydrogen-bond donors (Lipinski definition) is 1. The van der Waals surface area contributed by atoms with E-state index in [9.17, 15) is 8.42 Å². The molecule has 0 saturated carbocycles. The highest BCUT2D eigenvalue weighted by Gasteiger charge is 2.16. The smallest absolute Gasteiger partial charge is 0.212 e. The van der Waals surface area contributed by atoms with Crippen LogP contribution in [-0.4, -0.2) is 20.1 Å². The minimum absolute atomic E-state index is 0.0885. The van der Waals surface area contributed by atoms with Gasteiger partial charge in [-0.05, 0) is 32.4 Å². The van der Waals surface area contributed by atoms with E-state index in [1.807, 2.05) is 26.0 Å². The summed E-state index contributed by atoms with van der Waals surface area (Å²) in [5, 5.41) is 0. The Morgan fingerprint density at radius 2 is 2.19 bits per heavy atom. The SMILES string of the molecule is Cc1ccc(C(C)NS(=O)(=O)CCCCl)s1. The first-order chi connectivity index (χ1) is 7.44. The molecule has 0 spiro atoms. The van der Waals surface area contributed by atoms with E-state index in [-0.39, 0.29) is 11.8 Å². The number of thiophene rings is 1. The highest BCUT2D eigenvalue weighted by molar-refractivity contribution is 7.89. The summed E-state index contributed by atoms with van der Waals surface area (Å²) in [5.74, 6) is 0.457. The van der Waals surface area contributed by atoms with Crippen molar-refractivity contribution in [2.45, 2.75) is 26.3 Å². The molecule has 0 fully saturated rings. The van der Waals surface area contributed by atoms with Crippen LogP contribution in [0.25, 0.3) is 0 Å². The number of hydrogen-bond acceptors (Lipinski definition) is 3. The van der Waals surface area contributed by atoms with E-state index >= 15 is 0 Å². The molecule has 0 aromatic carbocycles. The predicted octanol–water partition coefficient (Wildman–Crippen LogP) is 2.67. The maximum absolute atomic E-state index is 11.6. The summed E-state index contributed by atoms with van der Waals surface area (Å²) in [6.45, 7) is 3.85. The minimum Gasteiger partial charge on any atom is -0.212 e. The van der Waals surface area contributed by atoms with Crippen LogP contribution in [0.15, 0.2) is 12.1 Å². The molecule has 0 radical (unpaired) electrons. The van der Waals surface area contributed by atoms with Crippen LogP contribution in [0.2, 0.25) is 0 Å². The van der Waals surface area contributed by atoms with Crippen LogP contribution in [0.4, 0.5) is 0 Å². The van der Waals surface area contributed by atoms with Crippen molar-refractivity contribution < 1.29 is 8.42 Å². The molecule has 1 aromatic heterocycles. The maximum atomic E-state index is 11.6. The van der Waals surface area contributed by atoms with E-state index in [0.717, 1.165) is 4.88 Å². The molecule has 1 unspecified atom stereocenters. The molecule has 1 heterocycles. The van der Waals surface area contributed by atoms with Crippen LogP contribution < -0.4 is 4.72 Å². The Morgan fingerprint density at radius 1 is 1.50 bits per heavy atom. The van der Waals surface area contributed by atoms with Gasteiger partial charge < -0.3 is 0 Å². The van der Waals surface area contributed by atoms with Crippen molar-refractivity contribution in [1.82, 2.24) is 4.72 Å². The second kappa shape index (κ2) is 6.00. The Bertz CT molecular complexity index is 428. The van der Waals surface area contributed by atoms with Gasteiger partial charge >= 0.3 is 0 Å². The van der Waals surface area contributed by atoms with Crippen molar-refractivity contribution in [2.24, 2.45) is 0 Å². The monoisotopic (exact) mass is 281 g/mol. The number of rotatable bonds is 6. The van der Waals surface area contributed by atoms with Crippen LogP contribution in [0.1, 0.15) is 29.1 Å². The quantitative estimate of drug-likeness (QED) is 0.815. The average Bonchev–Trinajstić information content (AvgIpc) is 2.61. The molecule has 0 bridgehead atoms. The van der Waals surface area contributed by atoms with E-state index in [4.69, 9.17) is 11.6 Å². The van der Waals surface area contributed by atoms with Crippen molar-refractivity contribution in [3.63, 3.8) is 0 Å². The van der Waals surface area contributed by atoms with Crippen LogP contribution in [-0.2, 0) is 10.0 Å². The summed E-state index contributed by atoms with van der Waals surface area (Å²) in [7, 11) is -3.21. The van der Waals surface area contributed by atoms with Gasteiger partial charge in [-0.2, -0.15) is 0 Å². The van der Waals surface area contributed by atoms with Gasteiger partial charge in [0.1, 0.15) is 0 Å². The molecule has 1 rings (SSSR count). The first-order valence-corrected chi connectivity index (χ1v) is 8.07. The Kier molecular flexibility index (Phi) is 5.24. The Hall–Kier alpha value is -0.100. The third-order valence-electron chi connectivity index (χ3n) is 2.09. The van der Waals surface area contributed by atoms with Gasteiger partial charge in [-0.1, -0.05) is 0 Å². The number of nitrogens with one attached hydrogen (secondary N) is 1. The lowest BCUT2D eigenvalue weighted by atomic mass is 10.3. The van der Waals surface area contributed by atoms with Gasteiger partial charge in [-0.25, -0.2) is 13.1 Å². The van der Waals surface area contributed by atoms with Crippen molar-refractivity contribution in [2.75, 3.05) is 11.6 Å². The molecule has 6 heteroatoms. The largest absolute Gasteiger partial charge is 0.212 e. The van der Waals surface area contributed by atoms with Gasteiger partial charge in [-0.3, -0.25) is 0 Å². The summed E-state index contributed by atoms with van der Waals surface area (Å²) in [6.07, 6.45) is 0.479. The molecule has 3 nitrogen and oxygen atoms in total. The van der Waals surface area contributed by atoms with E-state index in [0.29, 0.717) is 12.3 Å². The predicted molar refractivity (Wildman–Crippen MR) is 69.7 cm³/mol. The lowest BCUT2D eigenvalue weighted by Gasteiger charge is -2.12. The highest BCUT2D eigenvalue weighted by Crippen LogP contribution is 2.22. The van der Waals surface area contributed by atoms with Crippen molar-refractivity contribution in [1.29, 1.82) is 0 Å². The van der Waals surface area contributed by atoms with Crippen LogP contribution in [0.5, 0.6) is 0 Å². The van der Waals surface area contributed by atoms with Gasteiger partial charge in [0.05, 0.1) is 11.8 Å². The third-order valence-corrected chi connectivity index (χ3v) is 5.08. The molecule has 0 saturated heterocycles. The standard InChI is InChI=1S/C10H16ClNO2S2/c1-8-4-5-10(15-8)9(2)12-16(13,14)7-3-6-11/h4-5,9,12H,3,6-7H2,1-2H3. The second-order valence-corrected chi connectivity index (χ2v) is 7.22. The summed E-state index contributed by atoms with van der Waals surface area (Å²) in [5.41, 5.74) is 0. The van der Waals surface area contributed by atoms with Gasteiger partial charge in [-0.15, -0.1) is 22.9 Å². The fourth-order valence-corrected chi connectivity index (χ4v) is 3.87. The zero-order chi connectivity index (χ0) is 12.2. The molecule has 1 aromatic rings. The van der Waals surface area contributed by atoms with Gasteiger partial charge in [0.25, 0.3) is 0 Å². The van der Waals surface area contributed by atoms with E-state index in [2.05, 4.69) is 4.72 Å². The topological polar surface area (TPSA) is 46.2 Å². The summed E-state index contributed by atoms with van der Waals surface area (Å²) >= 11 is 7.08. The van der Waals surface area contributed by atoms with Crippen molar-refractivity contribution >= 4 is 33.0 Å². The Balaban J connectivity index is 2.60.